The van der Waals surface area contributed by atoms with E-state index in [0.29, 0.717) is 12.8 Å². The number of carboxylic acid groups (broad SMARTS) is 1. The van der Waals surface area contributed by atoms with Crippen molar-refractivity contribution in [2.75, 3.05) is 0 Å². The van der Waals surface area contributed by atoms with E-state index in [1.54, 1.807) is 20.8 Å². The summed E-state index contributed by atoms with van der Waals surface area (Å²) < 4.78 is 5.29. The molecule has 21 heavy (non-hydrogen) atoms. The Kier molecular flexibility index (Phi) is 4.63. The third-order valence-electron chi connectivity index (χ3n) is 3.81. The highest BCUT2D eigenvalue weighted by atomic mass is 16.6. The second-order valence-electron chi connectivity index (χ2n) is 7.99. The molecule has 1 aliphatic carbocycles. The zero-order chi connectivity index (χ0) is 16.6. The van der Waals surface area contributed by atoms with Crippen LogP contribution in [0.2, 0.25) is 0 Å². The van der Waals surface area contributed by atoms with E-state index in [-0.39, 0.29) is 11.5 Å². The average molecular weight is 300 g/mol. The van der Waals surface area contributed by atoms with Crippen molar-refractivity contribution < 1.29 is 19.4 Å². The Bertz CT molecular complexity index is 416. The first-order valence-electron chi connectivity index (χ1n) is 7.27. The number of hydrogen-bond acceptors (Lipinski definition) is 4. The number of ether oxygens (including phenoxy) is 1. The molecular formula is C15H28N2O4. The number of amides is 1. The van der Waals surface area contributed by atoms with Gasteiger partial charge < -0.3 is 20.9 Å². The van der Waals surface area contributed by atoms with Crippen molar-refractivity contribution in [2.24, 2.45) is 16.6 Å². The minimum absolute atomic E-state index is 0.319. The lowest BCUT2D eigenvalue weighted by atomic mass is 9.73. The molecule has 4 N–H and O–H groups in total. The van der Waals surface area contributed by atoms with Gasteiger partial charge in [0, 0.05) is 11.5 Å². The molecule has 0 aromatic heterocycles. The van der Waals surface area contributed by atoms with E-state index in [2.05, 4.69) is 5.32 Å². The molecule has 0 radical (unpaired) electrons. The topological polar surface area (TPSA) is 102 Å². The number of nitrogens with one attached hydrogen (secondary N) is 1. The van der Waals surface area contributed by atoms with E-state index in [9.17, 15) is 14.7 Å². The van der Waals surface area contributed by atoms with Crippen molar-refractivity contribution in [2.45, 2.75) is 72.1 Å². The molecule has 0 aliphatic heterocycles. The third kappa shape index (κ3) is 4.33. The molecule has 1 rings (SSSR count). The van der Waals surface area contributed by atoms with Crippen LogP contribution in [0.15, 0.2) is 0 Å². The lowest BCUT2D eigenvalue weighted by Crippen LogP contribution is -2.57. The van der Waals surface area contributed by atoms with Gasteiger partial charge in [-0.05, 0) is 39.0 Å². The Balaban J connectivity index is 2.94. The highest BCUT2D eigenvalue weighted by Crippen LogP contribution is 2.55. The van der Waals surface area contributed by atoms with Gasteiger partial charge in [0.05, 0.1) is 0 Å². The van der Waals surface area contributed by atoms with Gasteiger partial charge in [0.15, 0.2) is 0 Å². The summed E-state index contributed by atoms with van der Waals surface area (Å²) >= 11 is 0. The minimum Gasteiger partial charge on any atom is -0.480 e. The van der Waals surface area contributed by atoms with Gasteiger partial charge >= 0.3 is 12.1 Å². The molecule has 1 fully saturated rings. The number of nitrogens with two attached hydrogens (primary N) is 1. The largest absolute Gasteiger partial charge is 0.480 e. The molecule has 2 atom stereocenters. The van der Waals surface area contributed by atoms with E-state index in [4.69, 9.17) is 10.5 Å². The van der Waals surface area contributed by atoms with Gasteiger partial charge in [-0.15, -0.1) is 0 Å². The predicted octanol–water partition coefficient (Wildman–Crippen LogP) is 2.12. The number of alkyl carbamates (subject to hydrolysis) is 1. The molecule has 0 bridgehead atoms. The zero-order valence-corrected chi connectivity index (χ0v) is 13.8. The summed E-state index contributed by atoms with van der Waals surface area (Å²) in [7, 11) is 0. The Morgan fingerprint density at radius 3 is 1.95 bits per heavy atom. The number of rotatable bonds is 4. The fourth-order valence-electron chi connectivity index (χ4n) is 2.82. The highest BCUT2D eigenvalue weighted by Gasteiger charge is 2.60. The lowest BCUT2D eigenvalue weighted by molar-refractivity contribution is -0.141. The Hall–Kier alpha value is -1.30. The third-order valence-corrected chi connectivity index (χ3v) is 3.81. The fourth-order valence-corrected chi connectivity index (χ4v) is 2.82. The Labute approximate surface area is 126 Å². The van der Waals surface area contributed by atoms with Gasteiger partial charge in [-0.3, -0.25) is 4.79 Å². The van der Waals surface area contributed by atoms with Crippen LogP contribution in [-0.2, 0) is 9.53 Å². The van der Waals surface area contributed by atoms with Crippen LogP contribution in [0, 0.1) is 10.8 Å². The monoisotopic (exact) mass is 300 g/mol. The van der Waals surface area contributed by atoms with Gasteiger partial charge in [0.25, 0.3) is 0 Å². The quantitative estimate of drug-likeness (QED) is 0.738. The van der Waals surface area contributed by atoms with Crippen molar-refractivity contribution in [1.82, 2.24) is 5.32 Å². The average Bonchev–Trinajstić information content (AvgIpc) is 3.01. The van der Waals surface area contributed by atoms with Gasteiger partial charge in [0.2, 0.25) is 0 Å². The molecule has 0 heterocycles. The molecule has 1 aliphatic rings. The van der Waals surface area contributed by atoms with E-state index in [1.165, 1.54) is 0 Å². The summed E-state index contributed by atoms with van der Waals surface area (Å²) in [4.78, 5) is 23.3. The number of hydrogen-bond donors (Lipinski definition) is 3. The van der Waals surface area contributed by atoms with Crippen LogP contribution < -0.4 is 11.1 Å². The molecule has 0 spiro atoms. The molecular weight excluding hydrogens is 272 g/mol. The van der Waals surface area contributed by atoms with E-state index in [0.717, 1.165) is 0 Å². The van der Waals surface area contributed by atoms with Gasteiger partial charge in [-0.2, -0.15) is 0 Å². The second kappa shape index (κ2) is 5.48. The van der Waals surface area contributed by atoms with Gasteiger partial charge in [-0.1, -0.05) is 20.8 Å². The summed E-state index contributed by atoms with van der Waals surface area (Å²) in [6, 6.07) is -1.34. The summed E-state index contributed by atoms with van der Waals surface area (Å²) in [5.41, 5.74) is 4.35. The smallest absolute Gasteiger partial charge is 0.407 e. The second-order valence-corrected chi connectivity index (χ2v) is 7.99. The summed E-state index contributed by atoms with van der Waals surface area (Å²) in [5.74, 6) is -1.03. The number of aliphatic carboxylic acids is 1. The van der Waals surface area contributed by atoms with Gasteiger partial charge in [0.1, 0.15) is 11.6 Å². The fraction of sp³-hybridized carbons (Fsp3) is 0.867. The Morgan fingerprint density at radius 1 is 1.19 bits per heavy atom. The molecule has 6 heteroatoms. The maximum absolute atomic E-state index is 12.1. The van der Waals surface area contributed by atoms with Crippen LogP contribution in [0.25, 0.3) is 0 Å². The molecule has 1 amide bonds. The van der Waals surface area contributed by atoms with Crippen molar-refractivity contribution >= 4 is 12.1 Å². The van der Waals surface area contributed by atoms with Crippen molar-refractivity contribution in [3.8, 4) is 0 Å². The first-order chi connectivity index (χ1) is 9.29. The zero-order valence-electron chi connectivity index (χ0n) is 13.8. The lowest BCUT2D eigenvalue weighted by Gasteiger charge is -2.40. The normalized spacial score (nSPS) is 20.3. The van der Waals surface area contributed by atoms with Crippen LogP contribution in [0.5, 0.6) is 0 Å². The van der Waals surface area contributed by atoms with E-state index in [1.807, 2.05) is 20.8 Å². The SMILES string of the molecule is CC(C)(C)OC(=O)NC(C(C)(C)C)C1(C(N)C(=O)O)CC1. The molecule has 122 valence electrons. The van der Waals surface area contributed by atoms with Crippen molar-refractivity contribution in [3.63, 3.8) is 0 Å². The van der Waals surface area contributed by atoms with Crippen LogP contribution >= 0.6 is 0 Å². The molecule has 1 saturated carbocycles. The standard InChI is InChI=1S/C15H28N2O4/c1-13(2,3)11(17-12(20)21-14(4,5)6)15(7-8-15)9(16)10(18)19/h9,11H,7-8,16H2,1-6H3,(H,17,20)(H,18,19). The summed E-state index contributed by atoms with van der Waals surface area (Å²) in [6.45, 7) is 11.2. The van der Waals surface area contributed by atoms with Gasteiger partial charge in [-0.25, -0.2) is 4.79 Å². The first-order valence-corrected chi connectivity index (χ1v) is 7.27. The minimum atomic E-state index is -1.03. The number of carbonyl (C=O) groups excluding carboxylic acids is 1. The van der Waals surface area contributed by atoms with Crippen LogP contribution in [0.3, 0.4) is 0 Å². The van der Waals surface area contributed by atoms with E-state index < -0.39 is 29.1 Å². The van der Waals surface area contributed by atoms with Crippen LogP contribution in [-0.4, -0.2) is 34.9 Å². The highest BCUT2D eigenvalue weighted by molar-refractivity contribution is 5.76. The number of carbonyl (C=O) groups is 2. The maximum atomic E-state index is 12.1. The molecule has 0 aromatic rings. The van der Waals surface area contributed by atoms with Crippen LogP contribution in [0.1, 0.15) is 54.4 Å². The molecule has 0 aromatic carbocycles. The first kappa shape index (κ1) is 17.8. The molecule has 2 unspecified atom stereocenters. The summed E-state index contributed by atoms with van der Waals surface area (Å²) in [6.07, 6.45) is 0.849. The van der Waals surface area contributed by atoms with E-state index >= 15 is 0 Å². The maximum Gasteiger partial charge on any atom is 0.407 e. The van der Waals surface area contributed by atoms with Crippen molar-refractivity contribution in [3.05, 3.63) is 0 Å². The predicted molar refractivity (Wildman–Crippen MR) is 79.9 cm³/mol. The number of carboxylic acids is 1. The van der Waals surface area contributed by atoms with Crippen molar-refractivity contribution in [1.29, 1.82) is 0 Å². The molecule has 0 saturated heterocycles. The molecule has 6 nitrogen and oxygen atoms in total. The summed E-state index contributed by atoms with van der Waals surface area (Å²) in [5, 5.41) is 12.1. The Morgan fingerprint density at radius 2 is 1.67 bits per heavy atom. The van der Waals surface area contributed by atoms with Crippen LogP contribution in [0.4, 0.5) is 4.79 Å².